The summed E-state index contributed by atoms with van der Waals surface area (Å²) in [6.07, 6.45) is 7.24. The maximum atomic E-state index is 13.2. The number of carbonyl (C=O) groups excluding carboxylic acids is 2. The average Bonchev–Trinajstić information content (AvgIpc) is 3.52. The molecule has 0 radical (unpaired) electrons. The number of hydrogen-bond acceptors (Lipinski definition) is 5. The minimum atomic E-state index is -0.465. The quantitative estimate of drug-likeness (QED) is 0.420. The first kappa shape index (κ1) is 21.5. The predicted molar refractivity (Wildman–Crippen MR) is 124 cm³/mol. The van der Waals surface area contributed by atoms with E-state index in [0.29, 0.717) is 16.8 Å². The van der Waals surface area contributed by atoms with E-state index in [0.717, 1.165) is 57.5 Å². The number of amides is 2. The van der Waals surface area contributed by atoms with Gasteiger partial charge in [0.1, 0.15) is 0 Å². The van der Waals surface area contributed by atoms with Gasteiger partial charge in [0, 0.05) is 55.8 Å². The fourth-order valence-corrected chi connectivity index (χ4v) is 4.17. The molecular formula is C24H26N4O4. The van der Waals surface area contributed by atoms with Crippen molar-refractivity contribution in [2.24, 2.45) is 0 Å². The van der Waals surface area contributed by atoms with E-state index < -0.39 is 4.92 Å². The molecule has 0 atom stereocenters. The van der Waals surface area contributed by atoms with Crippen LogP contribution in [0.4, 0.5) is 17.1 Å². The first-order valence-corrected chi connectivity index (χ1v) is 10.9. The van der Waals surface area contributed by atoms with E-state index in [1.165, 1.54) is 18.2 Å². The number of benzene rings is 2. The molecule has 0 saturated carbocycles. The van der Waals surface area contributed by atoms with Gasteiger partial charge in [0.2, 0.25) is 5.91 Å². The number of nitrogens with zero attached hydrogens (tertiary/aromatic N) is 3. The lowest BCUT2D eigenvalue weighted by Gasteiger charge is -2.24. The van der Waals surface area contributed by atoms with E-state index in [1.54, 1.807) is 24.3 Å². The van der Waals surface area contributed by atoms with Crippen molar-refractivity contribution in [1.29, 1.82) is 0 Å². The fraction of sp³-hybridized carbons (Fsp3) is 0.333. The molecule has 2 saturated heterocycles. The van der Waals surface area contributed by atoms with Crippen molar-refractivity contribution >= 4 is 35.0 Å². The van der Waals surface area contributed by atoms with Crippen LogP contribution in [0, 0.1) is 10.1 Å². The lowest BCUT2D eigenvalue weighted by molar-refractivity contribution is -0.384. The topological polar surface area (TPSA) is 95.8 Å². The number of anilines is 2. The van der Waals surface area contributed by atoms with Crippen molar-refractivity contribution < 1.29 is 14.5 Å². The lowest BCUT2D eigenvalue weighted by atomic mass is 10.1. The molecule has 8 nitrogen and oxygen atoms in total. The second-order valence-electron chi connectivity index (χ2n) is 8.10. The van der Waals surface area contributed by atoms with Crippen molar-refractivity contribution in [3.05, 3.63) is 69.8 Å². The molecule has 166 valence electrons. The molecule has 2 aliphatic heterocycles. The van der Waals surface area contributed by atoms with Gasteiger partial charge in [-0.3, -0.25) is 19.7 Å². The predicted octanol–water partition coefficient (Wildman–Crippen LogP) is 4.08. The molecule has 2 fully saturated rings. The molecule has 0 aromatic heterocycles. The SMILES string of the molecule is O=C(/C=C/c1ccc([N+](=O)[O-])cc1)Nc1ccc(N2CCCC2)c(C(=O)N2CCCC2)c1. The van der Waals surface area contributed by atoms with Gasteiger partial charge in [0.05, 0.1) is 10.5 Å². The highest BCUT2D eigenvalue weighted by Gasteiger charge is 2.25. The normalized spacial score (nSPS) is 16.0. The van der Waals surface area contributed by atoms with Gasteiger partial charge < -0.3 is 15.1 Å². The molecule has 32 heavy (non-hydrogen) atoms. The molecule has 2 amide bonds. The van der Waals surface area contributed by atoms with Crippen LogP contribution in [0.25, 0.3) is 6.08 Å². The van der Waals surface area contributed by atoms with Crippen LogP contribution in [0.3, 0.4) is 0 Å². The summed E-state index contributed by atoms with van der Waals surface area (Å²) in [6, 6.07) is 11.5. The number of nitro groups is 1. The van der Waals surface area contributed by atoms with Crippen LogP contribution in [0.1, 0.15) is 41.6 Å². The van der Waals surface area contributed by atoms with Gasteiger partial charge in [0.15, 0.2) is 0 Å². The largest absolute Gasteiger partial charge is 0.371 e. The highest BCUT2D eigenvalue weighted by Crippen LogP contribution is 2.29. The van der Waals surface area contributed by atoms with Gasteiger partial charge in [-0.1, -0.05) is 0 Å². The third kappa shape index (κ3) is 4.96. The first-order chi connectivity index (χ1) is 15.5. The number of rotatable bonds is 6. The van der Waals surface area contributed by atoms with Crippen LogP contribution in [0.15, 0.2) is 48.5 Å². The standard InChI is InChI=1S/C24H26N4O4/c29-23(12-7-18-5-9-20(10-6-18)28(31)32)25-19-8-11-22(26-13-1-2-14-26)21(17-19)24(30)27-15-3-4-16-27/h5-12,17H,1-4,13-16H2,(H,25,29)/b12-7+. The molecule has 2 aromatic rings. The lowest BCUT2D eigenvalue weighted by Crippen LogP contribution is -2.30. The smallest absolute Gasteiger partial charge is 0.269 e. The Labute approximate surface area is 186 Å². The maximum absolute atomic E-state index is 13.2. The van der Waals surface area contributed by atoms with Crippen molar-refractivity contribution in [2.45, 2.75) is 25.7 Å². The van der Waals surface area contributed by atoms with Crippen LogP contribution < -0.4 is 10.2 Å². The van der Waals surface area contributed by atoms with Crippen molar-refractivity contribution in [3.63, 3.8) is 0 Å². The van der Waals surface area contributed by atoms with Gasteiger partial charge in [-0.25, -0.2) is 0 Å². The highest BCUT2D eigenvalue weighted by molar-refractivity contribution is 6.05. The van der Waals surface area contributed by atoms with Gasteiger partial charge in [-0.05, 0) is 67.7 Å². The number of nitro benzene ring substituents is 1. The third-order valence-corrected chi connectivity index (χ3v) is 5.87. The summed E-state index contributed by atoms with van der Waals surface area (Å²) in [5.74, 6) is -0.321. The van der Waals surface area contributed by atoms with Gasteiger partial charge in [-0.2, -0.15) is 0 Å². The summed E-state index contributed by atoms with van der Waals surface area (Å²) < 4.78 is 0. The molecule has 0 aliphatic carbocycles. The second-order valence-corrected chi connectivity index (χ2v) is 8.10. The summed E-state index contributed by atoms with van der Waals surface area (Å²) >= 11 is 0. The van der Waals surface area contributed by atoms with Gasteiger partial charge >= 0.3 is 0 Å². The Morgan fingerprint density at radius 1 is 0.938 bits per heavy atom. The van der Waals surface area contributed by atoms with Crippen molar-refractivity contribution in [3.8, 4) is 0 Å². The molecule has 0 spiro atoms. The van der Waals surface area contributed by atoms with Crippen molar-refractivity contribution in [2.75, 3.05) is 36.4 Å². The zero-order valence-corrected chi connectivity index (χ0v) is 17.8. The molecule has 4 rings (SSSR count). The van der Waals surface area contributed by atoms with Crippen LogP contribution in [0.5, 0.6) is 0 Å². The van der Waals surface area contributed by atoms with Crippen molar-refractivity contribution in [1.82, 2.24) is 4.90 Å². The second kappa shape index (κ2) is 9.64. The minimum Gasteiger partial charge on any atom is -0.371 e. The molecule has 0 bridgehead atoms. The van der Waals surface area contributed by atoms with Crippen LogP contribution in [0.2, 0.25) is 0 Å². The number of nitrogens with one attached hydrogen (secondary N) is 1. The zero-order chi connectivity index (χ0) is 22.5. The summed E-state index contributed by atoms with van der Waals surface area (Å²) in [4.78, 5) is 40.0. The summed E-state index contributed by atoms with van der Waals surface area (Å²) in [5, 5.41) is 13.6. The third-order valence-electron chi connectivity index (χ3n) is 5.87. The Balaban J connectivity index is 1.50. The van der Waals surface area contributed by atoms with Gasteiger partial charge in [-0.15, -0.1) is 0 Å². The average molecular weight is 434 g/mol. The van der Waals surface area contributed by atoms with E-state index in [2.05, 4.69) is 10.2 Å². The summed E-state index contributed by atoms with van der Waals surface area (Å²) in [5.41, 5.74) is 2.80. The summed E-state index contributed by atoms with van der Waals surface area (Å²) in [7, 11) is 0. The molecule has 0 unspecified atom stereocenters. The van der Waals surface area contributed by atoms with E-state index in [4.69, 9.17) is 0 Å². The highest BCUT2D eigenvalue weighted by atomic mass is 16.6. The Bertz CT molecular complexity index is 1040. The maximum Gasteiger partial charge on any atom is 0.269 e. The Morgan fingerprint density at radius 2 is 1.59 bits per heavy atom. The van der Waals surface area contributed by atoms with Gasteiger partial charge in [0.25, 0.3) is 11.6 Å². The van der Waals surface area contributed by atoms with Crippen LogP contribution >= 0.6 is 0 Å². The minimum absolute atomic E-state index is 0.0000995. The molecule has 8 heteroatoms. The first-order valence-electron chi connectivity index (χ1n) is 10.9. The molecule has 2 aromatic carbocycles. The van der Waals surface area contributed by atoms with E-state index in [1.807, 2.05) is 17.0 Å². The fourth-order valence-electron chi connectivity index (χ4n) is 4.17. The Kier molecular flexibility index (Phi) is 6.49. The van der Waals surface area contributed by atoms with E-state index in [-0.39, 0.29) is 17.5 Å². The number of likely N-dealkylation sites (tertiary alicyclic amines) is 1. The van der Waals surface area contributed by atoms with Crippen LogP contribution in [-0.2, 0) is 4.79 Å². The number of hydrogen-bond donors (Lipinski definition) is 1. The number of non-ortho nitro benzene ring substituents is 1. The molecular weight excluding hydrogens is 408 g/mol. The molecule has 2 heterocycles. The monoisotopic (exact) mass is 434 g/mol. The Morgan fingerprint density at radius 3 is 2.25 bits per heavy atom. The zero-order valence-electron chi connectivity index (χ0n) is 17.8. The molecule has 2 aliphatic rings. The Hall–Kier alpha value is -3.68. The van der Waals surface area contributed by atoms with E-state index >= 15 is 0 Å². The van der Waals surface area contributed by atoms with Crippen LogP contribution in [-0.4, -0.2) is 47.8 Å². The number of carbonyl (C=O) groups is 2. The summed E-state index contributed by atoms with van der Waals surface area (Å²) in [6.45, 7) is 3.41. The van der Waals surface area contributed by atoms with E-state index in [9.17, 15) is 19.7 Å². The molecule has 1 N–H and O–H groups in total.